The van der Waals surface area contributed by atoms with Gasteiger partial charge in [-0.25, -0.2) is 4.79 Å². The van der Waals surface area contributed by atoms with Gasteiger partial charge in [-0.05, 0) is 35.7 Å². The normalized spacial score (nSPS) is 21.4. The lowest BCUT2D eigenvalue weighted by Gasteiger charge is -2.44. The van der Waals surface area contributed by atoms with Gasteiger partial charge in [0.1, 0.15) is 6.54 Å². The number of nitro groups is 1. The number of carbonyl (C=O) groups excluding carboxylic acids is 2. The molecule has 2 amide bonds. The van der Waals surface area contributed by atoms with Crippen LogP contribution in [0.1, 0.15) is 48.5 Å². The van der Waals surface area contributed by atoms with Gasteiger partial charge in [-0.1, -0.05) is 55.5 Å². The zero-order valence-electron chi connectivity index (χ0n) is 27.2. The van der Waals surface area contributed by atoms with Gasteiger partial charge < -0.3 is 34.9 Å². The molecular formula is C35H43N5O8. The summed E-state index contributed by atoms with van der Waals surface area (Å²) in [7, 11) is 0. The van der Waals surface area contributed by atoms with E-state index in [2.05, 4.69) is 27.4 Å². The van der Waals surface area contributed by atoms with Crippen LogP contribution in [0, 0.1) is 16.0 Å². The first-order valence-corrected chi connectivity index (χ1v) is 16.2. The van der Waals surface area contributed by atoms with Crippen LogP contribution in [0.15, 0.2) is 72.8 Å². The summed E-state index contributed by atoms with van der Waals surface area (Å²) >= 11 is 0. The van der Waals surface area contributed by atoms with Crippen LogP contribution in [0.2, 0.25) is 0 Å². The molecule has 5 rings (SSSR count). The van der Waals surface area contributed by atoms with Gasteiger partial charge in [-0.3, -0.25) is 19.8 Å². The van der Waals surface area contributed by atoms with Crippen molar-refractivity contribution in [3.05, 3.63) is 105 Å². The average molecular weight is 662 g/mol. The summed E-state index contributed by atoms with van der Waals surface area (Å²) in [6.07, 6.45) is -1.00. The second kappa shape index (κ2) is 16.5. The third kappa shape index (κ3) is 9.07. The molecule has 3 aromatic carbocycles. The van der Waals surface area contributed by atoms with Gasteiger partial charge in [0.15, 0.2) is 6.29 Å². The Morgan fingerprint density at radius 1 is 0.917 bits per heavy atom. The van der Waals surface area contributed by atoms with Crippen LogP contribution in [-0.2, 0) is 32.2 Å². The number of piperazine rings is 1. The van der Waals surface area contributed by atoms with Crippen molar-refractivity contribution in [3.63, 3.8) is 0 Å². The predicted octanol–water partition coefficient (Wildman–Crippen LogP) is 4.06. The number of non-ortho nitro benzene ring substituents is 1. The van der Waals surface area contributed by atoms with Gasteiger partial charge in [0.25, 0.3) is 5.69 Å². The number of rotatable bonds is 12. The van der Waals surface area contributed by atoms with E-state index >= 15 is 0 Å². The number of ether oxygens (including phenoxy) is 3. The van der Waals surface area contributed by atoms with Crippen LogP contribution in [0.5, 0.6) is 0 Å². The molecule has 0 bridgehead atoms. The summed E-state index contributed by atoms with van der Waals surface area (Å²) in [4.78, 5) is 38.9. The summed E-state index contributed by atoms with van der Waals surface area (Å²) in [5.41, 5.74) is 4.61. The molecule has 0 spiro atoms. The molecule has 4 atom stereocenters. The Hall–Kier alpha value is -4.56. The lowest BCUT2D eigenvalue weighted by atomic mass is 9.90. The molecule has 0 aromatic heterocycles. The number of esters is 1. The summed E-state index contributed by atoms with van der Waals surface area (Å²) in [6.45, 7) is 8.07. The summed E-state index contributed by atoms with van der Waals surface area (Å²) in [6, 6.07) is 21.7. The summed E-state index contributed by atoms with van der Waals surface area (Å²) < 4.78 is 18.1. The minimum atomic E-state index is -0.620. The minimum absolute atomic E-state index is 0.0319. The van der Waals surface area contributed by atoms with Crippen LogP contribution >= 0.6 is 0 Å². The van der Waals surface area contributed by atoms with Crippen molar-refractivity contribution in [2.75, 3.05) is 50.8 Å². The first kappa shape index (κ1) is 34.8. The first-order chi connectivity index (χ1) is 23.2. The Labute approximate surface area is 279 Å². The van der Waals surface area contributed by atoms with Gasteiger partial charge in [0, 0.05) is 68.6 Å². The fourth-order valence-electron chi connectivity index (χ4n) is 5.96. The zero-order chi connectivity index (χ0) is 34.0. The highest BCUT2D eigenvalue weighted by Gasteiger charge is 2.39. The lowest BCUT2D eigenvalue weighted by Crippen LogP contribution is -2.51. The van der Waals surface area contributed by atoms with Gasteiger partial charge in [-0.15, -0.1) is 0 Å². The third-order valence-corrected chi connectivity index (χ3v) is 8.76. The van der Waals surface area contributed by atoms with E-state index in [1.54, 1.807) is 31.2 Å². The Morgan fingerprint density at radius 2 is 1.56 bits per heavy atom. The van der Waals surface area contributed by atoms with Crippen LogP contribution in [0.3, 0.4) is 0 Å². The highest BCUT2D eigenvalue weighted by Crippen LogP contribution is 2.42. The molecule has 2 fully saturated rings. The van der Waals surface area contributed by atoms with E-state index in [1.165, 1.54) is 0 Å². The maximum Gasteiger partial charge on any atom is 0.325 e. The van der Waals surface area contributed by atoms with E-state index in [-0.39, 0.29) is 55.0 Å². The number of carbonyl (C=O) groups is 2. The molecule has 2 saturated heterocycles. The first-order valence-electron chi connectivity index (χ1n) is 16.2. The van der Waals surface area contributed by atoms with Gasteiger partial charge in [-0.2, -0.15) is 0 Å². The number of urea groups is 1. The largest absolute Gasteiger partial charge is 0.465 e. The fraction of sp³-hybridized carbons (Fsp3) is 0.429. The lowest BCUT2D eigenvalue weighted by molar-refractivity contribution is -0.384. The number of hydrogen-bond donors (Lipinski definition) is 3. The molecular weight excluding hydrogens is 618 g/mol. The molecule has 13 nitrogen and oxygen atoms in total. The highest BCUT2D eigenvalue weighted by atomic mass is 16.7. The van der Waals surface area contributed by atoms with Crippen molar-refractivity contribution >= 4 is 23.4 Å². The molecule has 13 heteroatoms. The van der Waals surface area contributed by atoms with Crippen LogP contribution in [0.4, 0.5) is 16.2 Å². The van der Waals surface area contributed by atoms with Gasteiger partial charge >= 0.3 is 12.0 Å². The Kier molecular flexibility index (Phi) is 12.0. The second-order valence-electron chi connectivity index (χ2n) is 12.0. The quantitative estimate of drug-likeness (QED) is 0.147. The average Bonchev–Trinajstić information content (AvgIpc) is 3.11. The van der Waals surface area contributed by atoms with E-state index in [1.807, 2.05) is 48.5 Å². The molecule has 3 aromatic rings. The maximum atomic E-state index is 12.1. The fourth-order valence-corrected chi connectivity index (χ4v) is 5.96. The van der Waals surface area contributed by atoms with Gasteiger partial charge in [0.2, 0.25) is 0 Å². The van der Waals surface area contributed by atoms with E-state index in [9.17, 15) is 24.8 Å². The number of amides is 2. The van der Waals surface area contributed by atoms with Crippen molar-refractivity contribution in [1.82, 2.24) is 15.5 Å². The van der Waals surface area contributed by atoms with Crippen LogP contribution in [-0.4, -0.2) is 78.9 Å². The number of nitro benzene ring substituents is 1. The molecule has 2 aliphatic rings. The third-order valence-electron chi connectivity index (χ3n) is 8.76. The Balaban J connectivity index is 1.23. The van der Waals surface area contributed by atoms with E-state index in [0.717, 1.165) is 54.1 Å². The molecule has 0 saturated carbocycles. The topological polar surface area (TPSA) is 156 Å². The van der Waals surface area contributed by atoms with E-state index in [4.69, 9.17) is 14.2 Å². The van der Waals surface area contributed by atoms with Crippen LogP contribution in [0.25, 0.3) is 0 Å². The minimum Gasteiger partial charge on any atom is -0.465 e. The van der Waals surface area contributed by atoms with Gasteiger partial charge in [0.05, 0.1) is 30.3 Å². The van der Waals surface area contributed by atoms with Crippen molar-refractivity contribution in [3.8, 4) is 0 Å². The number of hydrogen-bond acceptors (Lipinski definition) is 10. The monoisotopic (exact) mass is 661 g/mol. The molecule has 0 aliphatic carbocycles. The molecule has 4 unspecified atom stereocenters. The number of benzene rings is 3. The molecule has 0 radical (unpaired) electrons. The van der Waals surface area contributed by atoms with Crippen molar-refractivity contribution in [1.29, 1.82) is 0 Å². The SMILES string of the molecule is CCOC(=O)CNC(=O)NCc1ccc(C2OC(CN3CCN(c4ccc([N+](=O)[O-])cc4)CC3)C(C)C(c3ccc(CO)cc3)O2)cc1. The van der Waals surface area contributed by atoms with Crippen molar-refractivity contribution in [2.24, 2.45) is 5.92 Å². The zero-order valence-corrected chi connectivity index (χ0v) is 27.2. The second-order valence-corrected chi connectivity index (χ2v) is 12.0. The molecule has 2 aliphatic heterocycles. The number of aliphatic hydroxyl groups is 1. The number of nitrogens with one attached hydrogen (secondary N) is 2. The molecule has 3 N–H and O–H groups in total. The van der Waals surface area contributed by atoms with Crippen LogP contribution < -0.4 is 15.5 Å². The Bertz CT molecular complexity index is 1510. The number of aliphatic hydroxyl groups excluding tert-OH is 1. The molecule has 2 heterocycles. The summed E-state index contributed by atoms with van der Waals surface area (Å²) in [5.74, 6) is -0.463. The standard InChI is InChI=1S/C35H43N5O8/c1-3-46-32(42)21-37-35(43)36-20-25-4-10-28(11-5-25)34-47-31(24(2)33(48-34)27-8-6-26(23-41)7-9-27)22-38-16-18-39(19-17-38)29-12-14-30(15-13-29)40(44)45/h4-15,24,31,33-34,41H,3,16-23H2,1-2H3,(H2,36,37,43). The van der Waals surface area contributed by atoms with Crippen molar-refractivity contribution in [2.45, 2.75) is 45.5 Å². The van der Waals surface area contributed by atoms with Crippen molar-refractivity contribution < 1.29 is 33.8 Å². The number of nitrogens with zero attached hydrogens (tertiary/aromatic N) is 3. The Morgan fingerprint density at radius 3 is 2.19 bits per heavy atom. The molecule has 256 valence electrons. The maximum absolute atomic E-state index is 12.1. The number of anilines is 1. The summed E-state index contributed by atoms with van der Waals surface area (Å²) in [5, 5.41) is 25.8. The highest BCUT2D eigenvalue weighted by molar-refractivity contribution is 5.80. The van der Waals surface area contributed by atoms with E-state index in [0.29, 0.717) is 6.54 Å². The predicted molar refractivity (Wildman–Crippen MR) is 178 cm³/mol. The molecule has 48 heavy (non-hydrogen) atoms. The van der Waals surface area contributed by atoms with E-state index < -0.39 is 18.3 Å². The smallest absolute Gasteiger partial charge is 0.325 e.